The molecule has 2 heterocycles. The predicted octanol–water partition coefficient (Wildman–Crippen LogP) is 3.30. The van der Waals surface area contributed by atoms with Gasteiger partial charge in [-0.25, -0.2) is 9.97 Å². The molecule has 26 heavy (non-hydrogen) atoms. The summed E-state index contributed by atoms with van der Waals surface area (Å²) in [5, 5.41) is 3.63. The summed E-state index contributed by atoms with van der Waals surface area (Å²) in [4.78, 5) is 22.9. The van der Waals surface area contributed by atoms with Crippen LogP contribution in [0.1, 0.15) is 35.6 Å². The van der Waals surface area contributed by atoms with Crippen molar-refractivity contribution < 1.29 is 9.53 Å². The summed E-state index contributed by atoms with van der Waals surface area (Å²) in [5.41, 5.74) is 1.74. The van der Waals surface area contributed by atoms with Crippen LogP contribution in [0, 0.1) is 6.92 Å². The smallest absolute Gasteiger partial charge is 0.254 e. The van der Waals surface area contributed by atoms with Crippen molar-refractivity contribution in [3.05, 3.63) is 52.4 Å². The number of benzene rings is 1. The van der Waals surface area contributed by atoms with E-state index in [2.05, 4.69) is 15.3 Å². The van der Waals surface area contributed by atoms with Gasteiger partial charge in [-0.2, -0.15) is 0 Å². The number of amides is 1. The molecule has 1 saturated heterocycles. The van der Waals surface area contributed by atoms with Crippen LogP contribution in [0.3, 0.4) is 0 Å². The number of ether oxygens (including phenoxy) is 1. The zero-order chi connectivity index (χ0) is 18.7. The highest BCUT2D eigenvalue weighted by Gasteiger charge is 2.26. The molecule has 1 N–H and O–H groups in total. The quantitative estimate of drug-likeness (QED) is 0.831. The zero-order valence-electron chi connectivity index (χ0n) is 15.2. The fourth-order valence-electron chi connectivity index (χ4n) is 3.11. The third kappa shape index (κ3) is 4.71. The van der Waals surface area contributed by atoms with Crippen LogP contribution >= 0.6 is 11.6 Å². The number of nitrogens with one attached hydrogen (secondary N) is 1. The topological polar surface area (TPSA) is 67.4 Å². The van der Waals surface area contributed by atoms with Gasteiger partial charge in [-0.1, -0.05) is 23.7 Å². The van der Waals surface area contributed by atoms with E-state index >= 15 is 0 Å². The van der Waals surface area contributed by atoms with E-state index in [0.717, 1.165) is 5.56 Å². The highest BCUT2D eigenvalue weighted by atomic mass is 35.5. The van der Waals surface area contributed by atoms with E-state index in [-0.39, 0.29) is 18.1 Å². The lowest BCUT2D eigenvalue weighted by Gasteiger charge is -2.35. The van der Waals surface area contributed by atoms with Gasteiger partial charge >= 0.3 is 0 Å². The number of hydrogen-bond donors (Lipinski definition) is 1. The molecule has 1 aliphatic rings. The van der Waals surface area contributed by atoms with Crippen molar-refractivity contribution in [3.63, 3.8) is 0 Å². The van der Waals surface area contributed by atoms with E-state index in [4.69, 9.17) is 16.3 Å². The molecule has 0 saturated carbocycles. The number of nitrogens with zero attached hydrogens (tertiary/aromatic N) is 3. The molecule has 1 aromatic heterocycles. The van der Waals surface area contributed by atoms with Crippen molar-refractivity contribution in [1.82, 2.24) is 14.9 Å². The minimum atomic E-state index is 0.0460. The molecular weight excluding hydrogens is 352 g/mol. The normalized spacial score (nSPS) is 20.1. The van der Waals surface area contributed by atoms with Gasteiger partial charge in [-0.15, -0.1) is 0 Å². The lowest BCUT2D eigenvalue weighted by molar-refractivity contribution is -0.0586. The molecule has 1 aliphatic heterocycles. The zero-order valence-corrected chi connectivity index (χ0v) is 16.0. The molecule has 1 aromatic carbocycles. The molecule has 3 rings (SSSR count). The lowest BCUT2D eigenvalue weighted by Crippen LogP contribution is -2.48. The number of anilines is 1. The third-order valence-electron chi connectivity index (χ3n) is 4.19. The average molecular weight is 375 g/mol. The number of carbonyl (C=O) groups is 1. The van der Waals surface area contributed by atoms with Gasteiger partial charge in [-0.05, 0) is 38.5 Å². The van der Waals surface area contributed by atoms with E-state index in [1.807, 2.05) is 43.0 Å². The number of morpholine rings is 1. The first-order chi connectivity index (χ1) is 12.4. The Morgan fingerprint density at radius 1 is 1.23 bits per heavy atom. The molecule has 6 nitrogen and oxygen atoms in total. The number of rotatable bonds is 4. The number of hydrogen-bond acceptors (Lipinski definition) is 5. The maximum Gasteiger partial charge on any atom is 0.254 e. The van der Waals surface area contributed by atoms with Crippen LogP contribution < -0.4 is 5.32 Å². The Labute approximate surface area is 158 Å². The minimum absolute atomic E-state index is 0.0460. The first-order valence-corrected chi connectivity index (χ1v) is 9.07. The summed E-state index contributed by atoms with van der Waals surface area (Å²) in [6, 6.07) is 9.31. The molecule has 0 aliphatic carbocycles. The average Bonchev–Trinajstić information content (AvgIpc) is 2.58. The standard InChI is InChI=1S/C19H23ClN4O2/c1-12-10-24(11-13(2)26-12)19(25)16-6-4-15(5-7-16)9-21-18-8-17(20)22-14(3)23-18/h4-8,12-13H,9-11H2,1-3H3,(H,21,22,23)/t12-,13-/m1/s1. The van der Waals surface area contributed by atoms with Crippen LogP contribution in [-0.4, -0.2) is 46.1 Å². The monoisotopic (exact) mass is 374 g/mol. The van der Waals surface area contributed by atoms with Crippen LogP contribution in [0.2, 0.25) is 5.15 Å². The highest BCUT2D eigenvalue weighted by molar-refractivity contribution is 6.29. The molecule has 2 aromatic rings. The molecule has 1 amide bonds. The Kier molecular flexibility index (Phi) is 5.74. The van der Waals surface area contributed by atoms with Crippen LogP contribution in [-0.2, 0) is 11.3 Å². The van der Waals surface area contributed by atoms with Gasteiger partial charge in [0.15, 0.2) is 0 Å². The largest absolute Gasteiger partial charge is 0.372 e. The van der Waals surface area contributed by atoms with Crippen molar-refractivity contribution >= 4 is 23.3 Å². The molecule has 0 spiro atoms. The molecule has 1 fully saturated rings. The Morgan fingerprint density at radius 2 is 1.88 bits per heavy atom. The van der Waals surface area contributed by atoms with Crippen LogP contribution in [0.15, 0.2) is 30.3 Å². The van der Waals surface area contributed by atoms with Crippen LogP contribution in [0.4, 0.5) is 5.82 Å². The van der Waals surface area contributed by atoms with Crippen molar-refractivity contribution in [2.45, 2.75) is 39.5 Å². The van der Waals surface area contributed by atoms with Gasteiger partial charge in [-0.3, -0.25) is 4.79 Å². The number of aryl methyl sites for hydroxylation is 1. The molecule has 138 valence electrons. The van der Waals surface area contributed by atoms with Crippen molar-refractivity contribution in [1.29, 1.82) is 0 Å². The van der Waals surface area contributed by atoms with Gasteiger partial charge in [0.25, 0.3) is 5.91 Å². The maximum atomic E-state index is 12.7. The SMILES string of the molecule is Cc1nc(Cl)cc(NCc2ccc(C(=O)N3C[C@@H](C)O[C@H](C)C3)cc2)n1. The van der Waals surface area contributed by atoms with Gasteiger partial charge in [0.05, 0.1) is 12.2 Å². The van der Waals surface area contributed by atoms with E-state index in [1.165, 1.54) is 0 Å². The summed E-state index contributed by atoms with van der Waals surface area (Å²) >= 11 is 5.94. The maximum absolute atomic E-state index is 12.7. The molecule has 0 radical (unpaired) electrons. The molecule has 0 bridgehead atoms. The Bertz CT molecular complexity index is 751. The molecule has 7 heteroatoms. The fraction of sp³-hybridized carbons (Fsp3) is 0.421. The van der Waals surface area contributed by atoms with E-state index < -0.39 is 0 Å². The van der Waals surface area contributed by atoms with Gasteiger partial charge < -0.3 is 15.0 Å². The van der Waals surface area contributed by atoms with E-state index in [9.17, 15) is 4.79 Å². The fourth-order valence-corrected chi connectivity index (χ4v) is 3.33. The van der Waals surface area contributed by atoms with E-state index in [1.54, 1.807) is 13.0 Å². The molecular formula is C19H23ClN4O2. The molecule has 0 unspecified atom stereocenters. The lowest BCUT2D eigenvalue weighted by atomic mass is 10.1. The van der Waals surface area contributed by atoms with Crippen molar-refractivity contribution in [2.24, 2.45) is 0 Å². The second-order valence-electron chi connectivity index (χ2n) is 6.64. The van der Waals surface area contributed by atoms with Gasteiger partial charge in [0.1, 0.15) is 16.8 Å². The van der Waals surface area contributed by atoms with Crippen LogP contribution in [0.5, 0.6) is 0 Å². The predicted molar refractivity (Wildman–Crippen MR) is 101 cm³/mol. The second-order valence-corrected chi connectivity index (χ2v) is 7.03. The van der Waals surface area contributed by atoms with Gasteiger partial charge in [0.2, 0.25) is 0 Å². The first-order valence-electron chi connectivity index (χ1n) is 8.69. The van der Waals surface area contributed by atoms with Crippen molar-refractivity contribution in [3.8, 4) is 0 Å². The highest BCUT2D eigenvalue weighted by Crippen LogP contribution is 2.16. The Morgan fingerprint density at radius 3 is 2.50 bits per heavy atom. The third-order valence-corrected chi connectivity index (χ3v) is 4.38. The van der Waals surface area contributed by atoms with Crippen molar-refractivity contribution in [2.75, 3.05) is 18.4 Å². The molecule has 2 atom stereocenters. The number of aromatic nitrogens is 2. The Hall–Kier alpha value is -2.18. The number of carbonyl (C=O) groups excluding carboxylic acids is 1. The summed E-state index contributed by atoms with van der Waals surface area (Å²) in [7, 11) is 0. The first kappa shape index (κ1) is 18.6. The number of halogens is 1. The van der Waals surface area contributed by atoms with E-state index in [0.29, 0.717) is 42.0 Å². The van der Waals surface area contributed by atoms with Crippen LogP contribution in [0.25, 0.3) is 0 Å². The summed E-state index contributed by atoms with van der Waals surface area (Å²) in [6.07, 6.45) is 0.128. The van der Waals surface area contributed by atoms with Gasteiger partial charge in [0, 0.05) is 31.3 Å². The Balaban J connectivity index is 1.62. The summed E-state index contributed by atoms with van der Waals surface area (Å²) in [5.74, 6) is 1.35. The summed E-state index contributed by atoms with van der Waals surface area (Å²) < 4.78 is 5.69. The summed E-state index contributed by atoms with van der Waals surface area (Å²) in [6.45, 7) is 7.62. The minimum Gasteiger partial charge on any atom is -0.372 e. The second kappa shape index (κ2) is 8.01.